The van der Waals surface area contributed by atoms with Gasteiger partial charge in [0, 0.05) is 10.4 Å². The Morgan fingerprint density at radius 2 is 1.96 bits per heavy atom. The topological polar surface area (TPSA) is 64.0 Å². The summed E-state index contributed by atoms with van der Waals surface area (Å²) in [6, 6.07) is 11.2. The molecule has 0 aliphatic rings. The molecule has 0 fully saturated rings. The van der Waals surface area contributed by atoms with Crippen LogP contribution in [-0.2, 0) is 4.79 Å². The van der Waals surface area contributed by atoms with Gasteiger partial charge in [0.1, 0.15) is 6.04 Å². The molecule has 7 heteroatoms. The number of halogens is 2. The van der Waals surface area contributed by atoms with Gasteiger partial charge in [0.05, 0.1) is 22.4 Å². The maximum absolute atomic E-state index is 12.6. The summed E-state index contributed by atoms with van der Waals surface area (Å²) in [5.41, 5.74) is 0.823. The number of hydrogen-bond acceptors (Lipinski definition) is 3. The van der Waals surface area contributed by atoms with Gasteiger partial charge >= 0.3 is 0 Å². The number of carbonyl (C=O) groups is 1. The van der Waals surface area contributed by atoms with Crippen molar-refractivity contribution in [3.05, 3.63) is 68.9 Å². The highest BCUT2D eigenvalue weighted by Crippen LogP contribution is 2.26. The van der Waals surface area contributed by atoms with Crippen molar-refractivity contribution in [3.8, 4) is 0 Å². The number of hydrogen-bond donors (Lipinski definition) is 1. The van der Waals surface area contributed by atoms with Gasteiger partial charge < -0.3 is 5.32 Å². The van der Waals surface area contributed by atoms with Gasteiger partial charge in [-0.05, 0) is 37.3 Å². The van der Waals surface area contributed by atoms with Crippen molar-refractivity contribution in [3.63, 3.8) is 0 Å². The van der Waals surface area contributed by atoms with E-state index in [0.717, 1.165) is 0 Å². The minimum atomic E-state index is -0.648. The molecule has 0 saturated carbocycles. The molecular weight excluding hydrogens is 349 g/mol. The van der Waals surface area contributed by atoms with Crippen LogP contribution >= 0.6 is 23.2 Å². The number of carbonyl (C=O) groups excluding carboxylic acids is 1. The van der Waals surface area contributed by atoms with Crippen molar-refractivity contribution in [2.24, 2.45) is 0 Å². The number of nitrogens with one attached hydrogen (secondary N) is 1. The summed E-state index contributed by atoms with van der Waals surface area (Å²) < 4.78 is 1.50. The Morgan fingerprint density at radius 1 is 1.21 bits per heavy atom. The van der Waals surface area contributed by atoms with Gasteiger partial charge in [-0.1, -0.05) is 35.3 Å². The highest BCUT2D eigenvalue weighted by molar-refractivity contribution is 6.35. The zero-order valence-corrected chi connectivity index (χ0v) is 14.2. The maximum Gasteiger partial charge on any atom is 0.249 e. The highest BCUT2D eigenvalue weighted by Gasteiger charge is 2.19. The summed E-state index contributed by atoms with van der Waals surface area (Å²) in [5.74, 6) is -0.319. The van der Waals surface area contributed by atoms with E-state index in [1.54, 1.807) is 49.4 Å². The fourth-order valence-electron chi connectivity index (χ4n) is 2.38. The number of nitrogens with zero attached hydrogens (tertiary/aromatic N) is 2. The van der Waals surface area contributed by atoms with Crippen LogP contribution in [0.3, 0.4) is 0 Å². The molecule has 1 heterocycles. The third-order valence-electron chi connectivity index (χ3n) is 3.65. The molecule has 1 N–H and O–H groups in total. The fourth-order valence-corrected chi connectivity index (χ4v) is 2.72. The van der Waals surface area contributed by atoms with E-state index in [1.165, 1.54) is 10.9 Å². The van der Waals surface area contributed by atoms with E-state index in [9.17, 15) is 9.59 Å². The molecule has 122 valence electrons. The first kappa shape index (κ1) is 16.5. The molecule has 0 saturated heterocycles. The van der Waals surface area contributed by atoms with Crippen molar-refractivity contribution >= 4 is 45.7 Å². The number of rotatable bonds is 3. The number of amides is 1. The summed E-state index contributed by atoms with van der Waals surface area (Å²) in [6.07, 6.45) is 1.21. The van der Waals surface area contributed by atoms with Gasteiger partial charge in [-0.3, -0.25) is 14.3 Å². The summed E-state index contributed by atoms with van der Waals surface area (Å²) >= 11 is 12.0. The Morgan fingerprint density at radius 3 is 2.75 bits per heavy atom. The SMILES string of the molecule is C[C@@H](C(=O)Nc1cc(Cl)ccc1Cl)n1ncc(=O)c2ccccc21. The maximum atomic E-state index is 12.6. The van der Waals surface area contributed by atoms with E-state index in [2.05, 4.69) is 10.4 Å². The first-order chi connectivity index (χ1) is 11.5. The van der Waals surface area contributed by atoms with Crippen molar-refractivity contribution in [1.82, 2.24) is 9.78 Å². The van der Waals surface area contributed by atoms with Crippen molar-refractivity contribution in [2.45, 2.75) is 13.0 Å². The predicted molar refractivity (Wildman–Crippen MR) is 95.8 cm³/mol. The second kappa shape index (κ2) is 6.63. The highest BCUT2D eigenvalue weighted by atomic mass is 35.5. The zero-order chi connectivity index (χ0) is 17.3. The van der Waals surface area contributed by atoms with E-state index in [4.69, 9.17) is 23.2 Å². The number of benzene rings is 2. The van der Waals surface area contributed by atoms with Crippen LogP contribution in [0.5, 0.6) is 0 Å². The lowest BCUT2D eigenvalue weighted by Gasteiger charge is -2.17. The Labute approximate surface area is 147 Å². The van der Waals surface area contributed by atoms with Gasteiger partial charge in [0.15, 0.2) is 0 Å². The average molecular weight is 362 g/mol. The molecular formula is C17H13Cl2N3O2. The van der Waals surface area contributed by atoms with Gasteiger partial charge in [-0.25, -0.2) is 0 Å². The number of anilines is 1. The second-order valence-electron chi connectivity index (χ2n) is 5.26. The Bertz CT molecular complexity index is 985. The quantitative estimate of drug-likeness (QED) is 0.769. The van der Waals surface area contributed by atoms with E-state index < -0.39 is 6.04 Å². The third kappa shape index (κ3) is 3.13. The molecule has 0 aliphatic carbocycles. The van der Waals surface area contributed by atoms with Crippen LogP contribution in [0.15, 0.2) is 53.5 Å². The van der Waals surface area contributed by atoms with Crippen molar-refractivity contribution < 1.29 is 4.79 Å². The lowest BCUT2D eigenvalue weighted by Crippen LogP contribution is -2.27. The van der Waals surface area contributed by atoms with Crippen LogP contribution in [0, 0.1) is 0 Å². The normalized spacial score (nSPS) is 12.1. The van der Waals surface area contributed by atoms with Crippen molar-refractivity contribution in [2.75, 3.05) is 5.32 Å². The zero-order valence-electron chi connectivity index (χ0n) is 12.7. The minimum absolute atomic E-state index is 0.188. The van der Waals surface area contributed by atoms with Gasteiger partial charge in [-0.2, -0.15) is 5.10 Å². The molecule has 0 aliphatic heterocycles. The smallest absolute Gasteiger partial charge is 0.249 e. The molecule has 1 aromatic heterocycles. The molecule has 2 aromatic carbocycles. The second-order valence-corrected chi connectivity index (χ2v) is 6.10. The summed E-state index contributed by atoms with van der Waals surface area (Å²) in [7, 11) is 0. The number of para-hydroxylation sites is 1. The van der Waals surface area contributed by atoms with Crippen LogP contribution in [0.4, 0.5) is 5.69 Å². The van der Waals surface area contributed by atoms with E-state index >= 15 is 0 Å². The van der Waals surface area contributed by atoms with Gasteiger partial charge in [0.25, 0.3) is 0 Å². The molecule has 3 aromatic rings. The first-order valence-electron chi connectivity index (χ1n) is 7.20. The molecule has 24 heavy (non-hydrogen) atoms. The lowest BCUT2D eigenvalue weighted by molar-refractivity contribution is -0.119. The number of aromatic nitrogens is 2. The monoisotopic (exact) mass is 361 g/mol. The molecule has 0 unspecified atom stereocenters. The lowest BCUT2D eigenvalue weighted by atomic mass is 10.2. The van der Waals surface area contributed by atoms with Crippen LogP contribution in [0.2, 0.25) is 10.0 Å². The van der Waals surface area contributed by atoms with E-state index in [1.807, 2.05) is 0 Å². The van der Waals surface area contributed by atoms with E-state index in [-0.39, 0.29) is 11.3 Å². The molecule has 1 amide bonds. The summed E-state index contributed by atoms with van der Waals surface area (Å²) in [5, 5.41) is 8.19. The first-order valence-corrected chi connectivity index (χ1v) is 7.95. The van der Waals surface area contributed by atoms with Crippen LogP contribution < -0.4 is 10.7 Å². The van der Waals surface area contributed by atoms with Crippen LogP contribution in [0.1, 0.15) is 13.0 Å². The van der Waals surface area contributed by atoms with Crippen molar-refractivity contribution in [1.29, 1.82) is 0 Å². The average Bonchev–Trinajstić information content (AvgIpc) is 2.58. The predicted octanol–water partition coefficient (Wildman–Crippen LogP) is 3.90. The van der Waals surface area contributed by atoms with Crippen LogP contribution in [0.25, 0.3) is 10.9 Å². The largest absolute Gasteiger partial charge is 0.323 e. The Balaban J connectivity index is 1.96. The van der Waals surface area contributed by atoms with Gasteiger partial charge in [-0.15, -0.1) is 0 Å². The molecule has 3 rings (SSSR count). The Kier molecular flexibility index (Phi) is 4.55. The molecule has 0 spiro atoms. The van der Waals surface area contributed by atoms with Crippen LogP contribution in [-0.4, -0.2) is 15.7 Å². The number of fused-ring (bicyclic) bond motifs is 1. The summed E-state index contributed by atoms with van der Waals surface area (Å²) in [6.45, 7) is 1.69. The molecule has 1 atom stereocenters. The minimum Gasteiger partial charge on any atom is -0.323 e. The molecule has 5 nitrogen and oxygen atoms in total. The Hall–Kier alpha value is -2.37. The van der Waals surface area contributed by atoms with Gasteiger partial charge in [0.2, 0.25) is 11.3 Å². The molecule has 0 radical (unpaired) electrons. The molecule has 0 bridgehead atoms. The van der Waals surface area contributed by atoms with E-state index in [0.29, 0.717) is 26.6 Å². The third-order valence-corrected chi connectivity index (χ3v) is 4.21. The fraction of sp³-hybridized carbons (Fsp3) is 0.118. The summed E-state index contributed by atoms with van der Waals surface area (Å²) in [4.78, 5) is 24.4. The standard InChI is InChI=1S/C17H13Cl2N3O2/c1-10(17(24)21-14-8-11(18)6-7-13(14)19)22-15-5-3-2-4-12(15)16(23)9-20-22/h2-10H,1H3,(H,21,24)/t10-/m0/s1.